The molecule has 0 aromatic heterocycles. The molecule has 1 atom stereocenters. The molecule has 0 bridgehead atoms. The van der Waals surface area contributed by atoms with Crippen LogP contribution in [0.15, 0.2) is 4.99 Å². The third kappa shape index (κ3) is 3.83. The molecule has 118 valence electrons. The fraction of sp³-hybridized carbons (Fsp3) is 0.875. The largest absolute Gasteiger partial charge is 0.313 e. The highest BCUT2D eigenvalue weighted by atomic mass is 16.2. The van der Waals surface area contributed by atoms with Crippen LogP contribution >= 0.6 is 0 Å². The number of amides is 1. The number of hydrogen-bond donors (Lipinski definition) is 1. The van der Waals surface area contributed by atoms with Crippen molar-refractivity contribution >= 4 is 11.7 Å². The molecule has 1 amide bonds. The summed E-state index contributed by atoms with van der Waals surface area (Å²) in [5.74, 6) is 1.80. The van der Waals surface area contributed by atoms with E-state index in [1.165, 1.54) is 32.1 Å². The quantitative estimate of drug-likeness (QED) is 0.843. The van der Waals surface area contributed by atoms with Gasteiger partial charge >= 0.3 is 0 Å². The van der Waals surface area contributed by atoms with Crippen molar-refractivity contribution < 1.29 is 4.79 Å². The molecule has 3 rings (SSSR count). The van der Waals surface area contributed by atoms with Crippen LogP contribution in [-0.4, -0.2) is 67.9 Å². The zero-order valence-corrected chi connectivity index (χ0v) is 13.2. The van der Waals surface area contributed by atoms with E-state index in [0.717, 1.165) is 38.6 Å². The number of amidine groups is 1. The van der Waals surface area contributed by atoms with Crippen molar-refractivity contribution in [1.82, 2.24) is 15.1 Å². The van der Waals surface area contributed by atoms with Crippen LogP contribution in [0.5, 0.6) is 0 Å². The molecule has 3 aliphatic rings. The van der Waals surface area contributed by atoms with Crippen LogP contribution in [0.2, 0.25) is 0 Å². The van der Waals surface area contributed by atoms with Crippen LogP contribution in [0.25, 0.3) is 0 Å². The van der Waals surface area contributed by atoms with E-state index < -0.39 is 0 Å². The van der Waals surface area contributed by atoms with Gasteiger partial charge in [0, 0.05) is 26.2 Å². The van der Waals surface area contributed by atoms with Crippen molar-refractivity contribution in [3.05, 3.63) is 0 Å². The zero-order chi connectivity index (χ0) is 14.7. The van der Waals surface area contributed by atoms with Gasteiger partial charge in [-0.3, -0.25) is 14.7 Å². The van der Waals surface area contributed by atoms with Gasteiger partial charge in [-0.2, -0.15) is 0 Å². The summed E-state index contributed by atoms with van der Waals surface area (Å²) in [4.78, 5) is 21.8. The summed E-state index contributed by atoms with van der Waals surface area (Å²) in [6, 6.07) is 0. The number of rotatable bonds is 3. The Morgan fingerprint density at radius 2 is 1.86 bits per heavy atom. The van der Waals surface area contributed by atoms with E-state index in [0.29, 0.717) is 12.5 Å². The van der Waals surface area contributed by atoms with Gasteiger partial charge in [0.1, 0.15) is 5.84 Å². The molecule has 0 aromatic rings. The van der Waals surface area contributed by atoms with Crippen LogP contribution in [0.4, 0.5) is 0 Å². The number of nitrogens with one attached hydrogen (secondary N) is 1. The Labute approximate surface area is 127 Å². The van der Waals surface area contributed by atoms with Crippen molar-refractivity contribution in [2.75, 3.05) is 46.3 Å². The summed E-state index contributed by atoms with van der Waals surface area (Å²) < 4.78 is 0. The normalized spacial score (nSPS) is 30.0. The fourth-order valence-corrected chi connectivity index (χ4v) is 3.77. The average molecular weight is 292 g/mol. The van der Waals surface area contributed by atoms with Crippen LogP contribution in [0.3, 0.4) is 0 Å². The first kappa shape index (κ1) is 15.0. The molecule has 0 radical (unpaired) electrons. The third-order valence-electron chi connectivity index (χ3n) is 5.27. The van der Waals surface area contributed by atoms with Gasteiger partial charge < -0.3 is 10.2 Å². The summed E-state index contributed by atoms with van der Waals surface area (Å²) in [6.07, 6.45) is 6.32. The Morgan fingerprint density at radius 3 is 2.52 bits per heavy atom. The molecule has 0 spiro atoms. The van der Waals surface area contributed by atoms with Gasteiger partial charge in [0.2, 0.25) is 5.91 Å². The van der Waals surface area contributed by atoms with Gasteiger partial charge in [-0.15, -0.1) is 0 Å². The highest BCUT2D eigenvalue weighted by Gasteiger charge is 2.32. The molecule has 2 heterocycles. The number of carbonyl (C=O) groups is 1. The Bertz CT molecular complexity index is 395. The Morgan fingerprint density at radius 1 is 1.14 bits per heavy atom. The van der Waals surface area contributed by atoms with Gasteiger partial charge in [-0.05, 0) is 25.8 Å². The van der Waals surface area contributed by atoms with Crippen molar-refractivity contribution in [2.45, 2.75) is 32.1 Å². The molecule has 0 aromatic carbocycles. The predicted octanol–water partition coefficient (Wildman–Crippen LogP) is 0.959. The van der Waals surface area contributed by atoms with Gasteiger partial charge in [0.25, 0.3) is 0 Å². The van der Waals surface area contributed by atoms with E-state index in [9.17, 15) is 4.79 Å². The fourth-order valence-electron chi connectivity index (χ4n) is 3.77. The number of likely N-dealkylation sites (N-methyl/N-ethyl adjacent to an activating group) is 1. The highest BCUT2D eigenvalue weighted by molar-refractivity contribution is 6.02. The van der Waals surface area contributed by atoms with Crippen LogP contribution in [0.1, 0.15) is 32.1 Å². The second kappa shape index (κ2) is 6.88. The van der Waals surface area contributed by atoms with Crippen LogP contribution < -0.4 is 5.32 Å². The van der Waals surface area contributed by atoms with Gasteiger partial charge in [-0.1, -0.05) is 19.3 Å². The Hall–Kier alpha value is -0.940. The smallest absolute Gasteiger partial charge is 0.230 e. The molecule has 5 nitrogen and oxygen atoms in total. The van der Waals surface area contributed by atoms with E-state index in [2.05, 4.69) is 27.2 Å². The first-order chi connectivity index (χ1) is 10.2. The minimum atomic E-state index is 0.126. The van der Waals surface area contributed by atoms with Crippen molar-refractivity contribution in [2.24, 2.45) is 16.8 Å². The van der Waals surface area contributed by atoms with E-state index >= 15 is 0 Å². The van der Waals surface area contributed by atoms with E-state index in [1.807, 2.05) is 0 Å². The molecule has 2 aliphatic heterocycles. The topological polar surface area (TPSA) is 47.9 Å². The lowest BCUT2D eigenvalue weighted by atomic mass is 9.79. The summed E-state index contributed by atoms with van der Waals surface area (Å²) in [6.45, 7) is 5.85. The first-order valence-corrected chi connectivity index (χ1v) is 8.47. The molecule has 2 fully saturated rings. The summed E-state index contributed by atoms with van der Waals surface area (Å²) in [5.41, 5.74) is 0. The number of hydrogen-bond acceptors (Lipinski definition) is 4. The number of aliphatic imine (C=N–C) groups is 1. The molecular formula is C16H28N4O. The monoisotopic (exact) mass is 292 g/mol. The van der Waals surface area contributed by atoms with Crippen LogP contribution in [-0.2, 0) is 4.79 Å². The van der Waals surface area contributed by atoms with Gasteiger partial charge in [0.05, 0.1) is 19.0 Å². The molecule has 1 N–H and O–H groups in total. The van der Waals surface area contributed by atoms with Gasteiger partial charge in [-0.25, -0.2) is 0 Å². The molecule has 1 saturated heterocycles. The highest BCUT2D eigenvalue weighted by Crippen LogP contribution is 2.31. The van der Waals surface area contributed by atoms with E-state index in [-0.39, 0.29) is 11.8 Å². The number of nitrogens with zero attached hydrogens (tertiary/aromatic N) is 3. The Balaban J connectivity index is 1.52. The molecular weight excluding hydrogens is 264 g/mol. The summed E-state index contributed by atoms with van der Waals surface area (Å²) >= 11 is 0. The molecule has 1 unspecified atom stereocenters. The number of carbonyl (C=O) groups excluding carboxylic acids is 1. The lowest BCUT2D eigenvalue weighted by Crippen LogP contribution is -2.52. The summed E-state index contributed by atoms with van der Waals surface area (Å²) in [5, 5.41) is 3.08. The Kier molecular flexibility index (Phi) is 4.91. The molecule has 21 heavy (non-hydrogen) atoms. The zero-order valence-electron chi connectivity index (χ0n) is 13.2. The average Bonchev–Trinajstić information content (AvgIpc) is 2.51. The lowest BCUT2D eigenvalue weighted by molar-refractivity contribution is -0.125. The molecule has 5 heteroatoms. The molecule has 1 saturated carbocycles. The lowest BCUT2D eigenvalue weighted by Gasteiger charge is -2.35. The third-order valence-corrected chi connectivity index (χ3v) is 5.27. The van der Waals surface area contributed by atoms with Gasteiger partial charge in [0.15, 0.2) is 0 Å². The van der Waals surface area contributed by atoms with E-state index in [4.69, 9.17) is 0 Å². The van der Waals surface area contributed by atoms with Crippen molar-refractivity contribution in [3.8, 4) is 0 Å². The maximum Gasteiger partial charge on any atom is 0.230 e. The van der Waals surface area contributed by atoms with Crippen LogP contribution in [0, 0.1) is 11.8 Å². The second-order valence-corrected chi connectivity index (χ2v) is 6.86. The first-order valence-electron chi connectivity index (χ1n) is 8.47. The second-order valence-electron chi connectivity index (χ2n) is 6.86. The van der Waals surface area contributed by atoms with E-state index in [1.54, 1.807) is 0 Å². The summed E-state index contributed by atoms with van der Waals surface area (Å²) in [7, 11) is 2.16. The SMILES string of the molecule is CN1CCN(CC2=NCC(C3CCCCC3)C(=O)N2)CC1. The predicted molar refractivity (Wildman–Crippen MR) is 84.4 cm³/mol. The van der Waals surface area contributed by atoms with Crippen molar-refractivity contribution in [3.63, 3.8) is 0 Å². The maximum absolute atomic E-state index is 12.4. The molecule has 1 aliphatic carbocycles. The minimum Gasteiger partial charge on any atom is -0.313 e. The minimum absolute atomic E-state index is 0.126. The standard InChI is InChI=1S/C16H28N4O/c1-19-7-9-20(10-8-19)12-15-17-11-14(16(21)18-15)13-5-3-2-4-6-13/h13-14H,2-12H2,1H3,(H,17,18,21). The number of piperazine rings is 1. The van der Waals surface area contributed by atoms with Crippen molar-refractivity contribution in [1.29, 1.82) is 0 Å². The maximum atomic E-state index is 12.4.